The molecule has 0 spiro atoms. The first kappa shape index (κ1) is 21.0. The predicted molar refractivity (Wildman–Crippen MR) is 131 cm³/mol. The number of rotatable bonds is 5. The van der Waals surface area contributed by atoms with Crippen LogP contribution in [-0.2, 0) is 0 Å². The third-order valence-corrected chi connectivity index (χ3v) is 7.94. The number of pyridine rings is 1. The second-order valence-corrected chi connectivity index (χ2v) is 10.5. The molecule has 1 aromatic carbocycles. The summed E-state index contributed by atoms with van der Waals surface area (Å²) in [6.07, 6.45) is 4.52. The Morgan fingerprint density at radius 1 is 1.18 bits per heavy atom. The summed E-state index contributed by atoms with van der Waals surface area (Å²) in [5, 5.41) is 8.20. The lowest BCUT2D eigenvalue weighted by molar-refractivity contribution is 0.0690. The molecule has 8 heteroatoms. The van der Waals surface area contributed by atoms with Crippen LogP contribution in [0.3, 0.4) is 0 Å². The Morgan fingerprint density at radius 3 is 2.91 bits per heavy atom. The lowest BCUT2D eigenvalue weighted by Crippen LogP contribution is -2.45. The van der Waals surface area contributed by atoms with Crippen molar-refractivity contribution in [2.45, 2.75) is 26.3 Å². The maximum atomic E-state index is 13.7. The average Bonchev–Trinajstić information content (AvgIpc) is 3.17. The fourth-order valence-electron chi connectivity index (χ4n) is 5.16. The molecule has 1 N–H and O–H groups in total. The molecule has 172 valence electrons. The maximum absolute atomic E-state index is 13.7. The van der Waals surface area contributed by atoms with Crippen molar-refractivity contribution in [3.05, 3.63) is 76.7 Å². The molecule has 1 saturated carbocycles. The summed E-state index contributed by atoms with van der Waals surface area (Å²) in [4.78, 5) is 34.1. The Labute approximate surface area is 201 Å². The summed E-state index contributed by atoms with van der Waals surface area (Å²) in [5.74, 6) is 0.756. The van der Waals surface area contributed by atoms with Crippen LogP contribution in [-0.4, -0.2) is 50.4 Å². The number of piperidine rings is 1. The molecule has 0 unspecified atom stereocenters. The molecular weight excluding hydrogens is 446 g/mol. The van der Waals surface area contributed by atoms with Crippen molar-refractivity contribution in [2.24, 2.45) is 11.8 Å². The molecule has 1 saturated heterocycles. The SMILES string of the molecule is Cc1cccc(-c2sc(C)nc2C(=O)N2C[C@@H]3C[C@@H]3[C@H]2CNC(=O)c2cnn3ccccc23)c1. The highest BCUT2D eigenvalue weighted by Gasteiger charge is 2.54. The van der Waals surface area contributed by atoms with E-state index in [1.165, 1.54) is 0 Å². The quantitative estimate of drug-likeness (QED) is 0.478. The zero-order valence-electron chi connectivity index (χ0n) is 19.1. The van der Waals surface area contributed by atoms with Crippen molar-refractivity contribution in [1.29, 1.82) is 0 Å². The number of likely N-dealkylation sites (tertiary alicyclic amines) is 1. The third kappa shape index (κ3) is 3.58. The Hall–Kier alpha value is -3.52. The Bertz CT molecular complexity index is 1420. The molecule has 4 heterocycles. The number of carbonyl (C=O) groups is 2. The molecule has 3 atom stereocenters. The predicted octanol–water partition coefficient (Wildman–Crippen LogP) is 3.97. The molecule has 3 aromatic heterocycles. The van der Waals surface area contributed by atoms with E-state index in [0.717, 1.165) is 39.5 Å². The van der Waals surface area contributed by atoms with Crippen LogP contribution in [0.15, 0.2) is 54.9 Å². The molecule has 7 nitrogen and oxygen atoms in total. The third-order valence-electron chi connectivity index (χ3n) is 6.92. The number of thiazole rings is 1. The topological polar surface area (TPSA) is 79.6 Å². The van der Waals surface area contributed by atoms with Crippen LogP contribution in [0.1, 0.15) is 37.8 Å². The van der Waals surface area contributed by atoms with Crippen molar-refractivity contribution in [3.63, 3.8) is 0 Å². The number of hydrogen-bond acceptors (Lipinski definition) is 5. The molecule has 34 heavy (non-hydrogen) atoms. The largest absolute Gasteiger partial charge is 0.350 e. The van der Waals surface area contributed by atoms with E-state index >= 15 is 0 Å². The van der Waals surface area contributed by atoms with Crippen molar-refractivity contribution in [1.82, 2.24) is 24.8 Å². The van der Waals surface area contributed by atoms with E-state index in [9.17, 15) is 9.59 Å². The Balaban J connectivity index is 1.23. The van der Waals surface area contributed by atoms with Gasteiger partial charge in [-0.25, -0.2) is 9.50 Å². The van der Waals surface area contributed by atoms with Gasteiger partial charge in [0.1, 0.15) is 5.69 Å². The van der Waals surface area contributed by atoms with Gasteiger partial charge in [0.15, 0.2) is 0 Å². The van der Waals surface area contributed by atoms with E-state index in [2.05, 4.69) is 34.5 Å². The number of aromatic nitrogens is 3. The second-order valence-electron chi connectivity index (χ2n) is 9.26. The lowest BCUT2D eigenvalue weighted by atomic mass is 10.1. The molecule has 1 aliphatic heterocycles. The number of amides is 2. The fraction of sp³-hybridized carbons (Fsp3) is 0.308. The van der Waals surface area contributed by atoms with Gasteiger partial charge in [-0.05, 0) is 49.8 Å². The minimum atomic E-state index is -0.164. The number of benzene rings is 1. The second kappa shape index (κ2) is 8.06. The van der Waals surface area contributed by atoms with E-state index < -0.39 is 0 Å². The van der Waals surface area contributed by atoms with Gasteiger partial charge in [0, 0.05) is 19.3 Å². The first-order valence-electron chi connectivity index (χ1n) is 11.6. The molecule has 6 rings (SSSR count). The number of aryl methyl sites for hydroxylation is 2. The summed E-state index contributed by atoms with van der Waals surface area (Å²) in [6.45, 7) is 5.15. The Kier molecular flexibility index (Phi) is 4.99. The van der Waals surface area contributed by atoms with Crippen LogP contribution in [0.25, 0.3) is 16.0 Å². The number of fused-ring (bicyclic) bond motifs is 2. The standard InChI is InChI=1S/C26H25N5O2S/c1-15-6-5-7-17(10-15)24-23(29-16(2)34-24)26(33)30-14-18-11-19(18)22(30)13-27-25(32)20-12-28-31-9-4-3-8-21(20)31/h3-10,12,18-19,22H,11,13-14H2,1-2H3,(H,27,32)/t18-,19-,22+/m0/s1. The van der Waals surface area contributed by atoms with E-state index in [0.29, 0.717) is 29.6 Å². The summed E-state index contributed by atoms with van der Waals surface area (Å²) in [5.41, 5.74) is 4.01. The average molecular weight is 472 g/mol. The van der Waals surface area contributed by atoms with Gasteiger partial charge in [0.05, 0.1) is 33.2 Å². The van der Waals surface area contributed by atoms with Crippen LogP contribution in [0.4, 0.5) is 0 Å². The summed E-state index contributed by atoms with van der Waals surface area (Å²) in [7, 11) is 0. The molecule has 1 aliphatic carbocycles. The fourth-order valence-corrected chi connectivity index (χ4v) is 6.07. The smallest absolute Gasteiger partial charge is 0.274 e. The summed E-state index contributed by atoms with van der Waals surface area (Å²) >= 11 is 1.56. The summed E-state index contributed by atoms with van der Waals surface area (Å²) < 4.78 is 1.69. The van der Waals surface area contributed by atoms with Gasteiger partial charge in [-0.15, -0.1) is 11.3 Å². The van der Waals surface area contributed by atoms with Gasteiger partial charge >= 0.3 is 0 Å². The number of nitrogens with zero attached hydrogens (tertiary/aromatic N) is 4. The lowest BCUT2D eigenvalue weighted by Gasteiger charge is -2.27. The minimum absolute atomic E-state index is 0.0179. The van der Waals surface area contributed by atoms with Crippen molar-refractivity contribution in [2.75, 3.05) is 13.1 Å². The minimum Gasteiger partial charge on any atom is -0.350 e. The zero-order valence-corrected chi connectivity index (χ0v) is 19.9. The first-order valence-corrected chi connectivity index (χ1v) is 12.4. The van der Waals surface area contributed by atoms with Crippen LogP contribution in [0.2, 0.25) is 0 Å². The van der Waals surface area contributed by atoms with Gasteiger partial charge in [-0.1, -0.05) is 35.9 Å². The molecular formula is C26H25N5O2S. The maximum Gasteiger partial charge on any atom is 0.274 e. The molecule has 2 aliphatic rings. The Morgan fingerprint density at radius 2 is 2.06 bits per heavy atom. The monoisotopic (exact) mass is 471 g/mol. The molecule has 0 radical (unpaired) electrons. The van der Waals surface area contributed by atoms with Crippen molar-refractivity contribution >= 4 is 28.7 Å². The zero-order chi connectivity index (χ0) is 23.4. The van der Waals surface area contributed by atoms with Gasteiger partial charge in [-0.2, -0.15) is 5.10 Å². The van der Waals surface area contributed by atoms with Gasteiger partial charge < -0.3 is 10.2 Å². The van der Waals surface area contributed by atoms with Crippen LogP contribution in [0.5, 0.6) is 0 Å². The van der Waals surface area contributed by atoms with Crippen LogP contribution in [0, 0.1) is 25.7 Å². The number of nitrogens with one attached hydrogen (secondary N) is 1. The summed E-state index contributed by atoms with van der Waals surface area (Å²) in [6, 6.07) is 13.8. The molecule has 0 bridgehead atoms. The molecule has 2 fully saturated rings. The first-order chi connectivity index (χ1) is 16.5. The highest BCUT2D eigenvalue weighted by molar-refractivity contribution is 7.15. The van der Waals surface area contributed by atoms with E-state index in [1.807, 2.05) is 48.4 Å². The highest BCUT2D eigenvalue weighted by atomic mass is 32.1. The van der Waals surface area contributed by atoms with E-state index in [-0.39, 0.29) is 17.9 Å². The molecule has 2 amide bonds. The van der Waals surface area contributed by atoms with Gasteiger partial charge in [0.2, 0.25) is 0 Å². The van der Waals surface area contributed by atoms with Crippen molar-refractivity contribution in [3.8, 4) is 10.4 Å². The van der Waals surface area contributed by atoms with Crippen LogP contribution < -0.4 is 5.32 Å². The number of carbonyl (C=O) groups excluding carboxylic acids is 2. The normalized spacial score (nSPS) is 21.0. The van der Waals surface area contributed by atoms with Gasteiger partial charge in [0.25, 0.3) is 11.8 Å². The van der Waals surface area contributed by atoms with E-state index in [1.54, 1.807) is 22.0 Å². The van der Waals surface area contributed by atoms with E-state index in [4.69, 9.17) is 0 Å². The van der Waals surface area contributed by atoms with Crippen molar-refractivity contribution < 1.29 is 9.59 Å². The van der Waals surface area contributed by atoms with Crippen LogP contribution >= 0.6 is 11.3 Å². The molecule has 4 aromatic rings. The van der Waals surface area contributed by atoms with Gasteiger partial charge in [-0.3, -0.25) is 9.59 Å². The highest BCUT2D eigenvalue weighted by Crippen LogP contribution is 2.50. The number of hydrogen-bond donors (Lipinski definition) is 1.